The molecule has 27 heavy (non-hydrogen) atoms. The Bertz CT molecular complexity index is 872. The van der Waals surface area contributed by atoms with Crippen LogP contribution in [0.5, 0.6) is 5.75 Å². The Morgan fingerprint density at radius 3 is 2.22 bits per heavy atom. The molecule has 144 valence electrons. The molecule has 1 aliphatic rings. The van der Waals surface area contributed by atoms with Gasteiger partial charge in [-0.2, -0.15) is 0 Å². The molecule has 1 aliphatic carbocycles. The second-order valence-corrected chi connectivity index (χ2v) is 9.15. The van der Waals surface area contributed by atoms with E-state index in [-0.39, 0.29) is 31.0 Å². The van der Waals surface area contributed by atoms with Gasteiger partial charge in [0, 0.05) is 5.02 Å². The lowest BCUT2D eigenvalue weighted by molar-refractivity contribution is -0.147. The van der Waals surface area contributed by atoms with E-state index in [0.29, 0.717) is 23.6 Å². The van der Waals surface area contributed by atoms with E-state index in [4.69, 9.17) is 21.1 Å². The van der Waals surface area contributed by atoms with Gasteiger partial charge in [-0.1, -0.05) is 42.6 Å². The van der Waals surface area contributed by atoms with Gasteiger partial charge in [0.05, 0.1) is 4.90 Å². The average molecular weight is 409 g/mol. The molecule has 0 amide bonds. The number of hydrogen-bond acceptors (Lipinski definition) is 5. The standard InChI is InChI=1S/C20H21ClO5S/c21-16-8-10-17(11-9-16)25-14-15-26-19(22)20(12-4-5-13-20)27(23,24)18-6-2-1-3-7-18/h1-3,6-11H,4-5,12-15H2. The van der Waals surface area contributed by atoms with Crippen molar-refractivity contribution >= 4 is 27.4 Å². The van der Waals surface area contributed by atoms with E-state index in [0.717, 1.165) is 0 Å². The molecule has 0 atom stereocenters. The summed E-state index contributed by atoms with van der Waals surface area (Å²) in [6, 6.07) is 14.9. The summed E-state index contributed by atoms with van der Waals surface area (Å²) >= 11 is 5.81. The number of hydrogen-bond donors (Lipinski definition) is 0. The second-order valence-electron chi connectivity index (χ2n) is 6.46. The molecule has 0 N–H and O–H groups in total. The topological polar surface area (TPSA) is 69.7 Å². The number of halogens is 1. The van der Waals surface area contributed by atoms with Gasteiger partial charge in [0.15, 0.2) is 14.6 Å². The largest absolute Gasteiger partial charge is 0.490 e. The van der Waals surface area contributed by atoms with Crippen LogP contribution in [-0.4, -0.2) is 32.3 Å². The highest BCUT2D eigenvalue weighted by molar-refractivity contribution is 7.93. The van der Waals surface area contributed by atoms with Gasteiger partial charge in [0.1, 0.15) is 19.0 Å². The highest BCUT2D eigenvalue weighted by atomic mass is 35.5. The van der Waals surface area contributed by atoms with Crippen LogP contribution in [0.3, 0.4) is 0 Å². The fourth-order valence-corrected chi connectivity index (χ4v) is 5.51. The first-order valence-corrected chi connectivity index (χ1v) is 10.7. The van der Waals surface area contributed by atoms with Crippen molar-refractivity contribution in [2.45, 2.75) is 35.3 Å². The molecule has 0 radical (unpaired) electrons. The molecule has 0 saturated heterocycles. The summed E-state index contributed by atoms with van der Waals surface area (Å²) in [6.45, 7) is 0.113. The molecular formula is C20H21ClO5S. The number of rotatable bonds is 7. The average Bonchev–Trinajstić information content (AvgIpc) is 3.19. The maximum absolute atomic E-state index is 13.1. The second kappa shape index (κ2) is 8.31. The summed E-state index contributed by atoms with van der Waals surface area (Å²) in [7, 11) is -3.82. The summed E-state index contributed by atoms with van der Waals surface area (Å²) in [6.07, 6.45) is 1.92. The van der Waals surface area contributed by atoms with E-state index in [1.807, 2.05) is 0 Å². The van der Waals surface area contributed by atoms with Crippen molar-refractivity contribution in [3.8, 4) is 5.75 Å². The van der Waals surface area contributed by atoms with E-state index in [1.54, 1.807) is 42.5 Å². The van der Waals surface area contributed by atoms with Crippen molar-refractivity contribution < 1.29 is 22.7 Å². The molecule has 2 aromatic carbocycles. The smallest absolute Gasteiger partial charge is 0.327 e. The van der Waals surface area contributed by atoms with Gasteiger partial charge in [0.2, 0.25) is 0 Å². The molecule has 0 unspecified atom stereocenters. The van der Waals surface area contributed by atoms with Crippen molar-refractivity contribution in [1.82, 2.24) is 0 Å². The van der Waals surface area contributed by atoms with Crippen LogP contribution >= 0.6 is 11.6 Å². The first kappa shape index (κ1) is 19.7. The molecule has 1 saturated carbocycles. The SMILES string of the molecule is O=C(OCCOc1ccc(Cl)cc1)C1(S(=O)(=O)c2ccccc2)CCCC1. The first-order valence-electron chi connectivity index (χ1n) is 8.81. The maximum atomic E-state index is 13.1. The third-order valence-corrected chi connectivity index (χ3v) is 7.50. The maximum Gasteiger partial charge on any atom is 0.327 e. The zero-order valence-corrected chi connectivity index (χ0v) is 16.3. The van der Waals surface area contributed by atoms with Gasteiger partial charge in [-0.3, -0.25) is 4.79 Å². The van der Waals surface area contributed by atoms with Gasteiger partial charge in [-0.05, 0) is 49.2 Å². The Morgan fingerprint density at radius 2 is 1.59 bits per heavy atom. The molecule has 7 heteroatoms. The lowest BCUT2D eigenvalue weighted by Gasteiger charge is -2.26. The predicted molar refractivity (Wildman–Crippen MR) is 103 cm³/mol. The molecule has 0 heterocycles. The zero-order chi connectivity index (χ0) is 19.3. The highest BCUT2D eigenvalue weighted by Crippen LogP contribution is 2.41. The van der Waals surface area contributed by atoms with Crippen LogP contribution in [0.4, 0.5) is 0 Å². The van der Waals surface area contributed by atoms with Gasteiger partial charge in [-0.25, -0.2) is 8.42 Å². The van der Waals surface area contributed by atoms with Crippen molar-refractivity contribution in [2.24, 2.45) is 0 Å². The van der Waals surface area contributed by atoms with Crippen LogP contribution < -0.4 is 4.74 Å². The van der Waals surface area contributed by atoms with E-state index >= 15 is 0 Å². The highest BCUT2D eigenvalue weighted by Gasteiger charge is 2.54. The van der Waals surface area contributed by atoms with Crippen LogP contribution in [0.25, 0.3) is 0 Å². The molecule has 0 spiro atoms. The number of benzene rings is 2. The minimum absolute atomic E-state index is 0.0203. The van der Waals surface area contributed by atoms with E-state index < -0.39 is 20.6 Å². The number of carbonyl (C=O) groups excluding carboxylic acids is 1. The Kier molecular flexibility index (Phi) is 6.07. The number of ether oxygens (including phenoxy) is 2. The number of sulfone groups is 1. The molecule has 0 aliphatic heterocycles. The van der Waals surface area contributed by atoms with Crippen LogP contribution in [0.15, 0.2) is 59.5 Å². The first-order chi connectivity index (χ1) is 13.0. The van der Waals surface area contributed by atoms with Crippen LogP contribution in [-0.2, 0) is 19.4 Å². The van der Waals surface area contributed by atoms with Crippen LogP contribution in [0.1, 0.15) is 25.7 Å². The van der Waals surface area contributed by atoms with Crippen molar-refractivity contribution in [2.75, 3.05) is 13.2 Å². The van der Waals surface area contributed by atoms with Crippen LogP contribution in [0, 0.1) is 0 Å². The third kappa shape index (κ3) is 4.12. The third-order valence-electron chi connectivity index (χ3n) is 4.75. The lowest BCUT2D eigenvalue weighted by Crippen LogP contribution is -2.45. The molecule has 2 aromatic rings. The molecule has 3 rings (SSSR count). The fourth-order valence-electron chi connectivity index (χ4n) is 3.31. The quantitative estimate of drug-likeness (QED) is 0.510. The van der Waals surface area contributed by atoms with Gasteiger partial charge in [-0.15, -0.1) is 0 Å². The molecule has 5 nitrogen and oxygen atoms in total. The molecule has 1 fully saturated rings. The Labute approximate surface area is 164 Å². The number of carbonyl (C=O) groups is 1. The van der Waals surface area contributed by atoms with Crippen molar-refractivity contribution in [3.63, 3.8) is 0 Å². The van der Waals surface area contributed by atoms with Gasteiger partial charge < -0.3 is 9.47 Å². The van der Waals surface area contributed by atoms with Gasteiger partial charge >= 0.3 is 5.97 Å². The minimum Gasteiger partial charge on any atom is -0.490 e. The van der Waals surface area contributed by atoms with E-state index in [9.17, 15) is 13.2 Å². The van der Waals surface area contributed by atoms with E-state index in [2.05, 4.69) is 0 Å². The summed E-state index contributed by atoms with van der Waals surface area (Å²) in [5.74, 6) is -0.0912. The Balaban J connectivity index is 1.66. The minimum atomic E-state index is -3.82. The molecule has 0 bridgehead atoms. The number of esters is 1. The zero-order valence-electron chi connectivity index (χ0n) is 14.8. The van der Waals surface area contributed by atoms with Crippen LogP contribution in [0.2, 0.25) is 5.02 Å². The summed E-state index contributed by atoms with van der Waals surface area (Å²) in [5.41, 5.74) is 0. The summed E-state index contributed by atoms with van der Waals surface area (Å²) in [5, 5.41) is 0.600. The lowest BCUT2D eigenvalue weighted by atomic mass is 10.1. The van der Waals surface area contributed by atoms with Crippen molar-refractivity contribution in [3.05, 3.63) is 59.6 Å². The van der Waals surface area contributed by atoms with E-state index in [1.165, 1.54) is 12.1 Å². The summed E-state index contributed by atoms with van der Waals surface area (Å²) in [4.78, 5) is 12.9. The molecular weight excluding hydrogens is 388 g/mol. The predicted octanol–water partition coefficient (Wildman–Crippen LogP) is 4.05. The van der Waals surface area contributed by atoms with Gasteiger partial charge in [0.25, 0.3) is 0 Å². The summed E-state index contributed by atoms with van der Waals surface area (Å²) < 4.78 is 35.6. The fraction of sp³-hybridized carbons (Fsp3) is 0.350. The van der Waals surface area contributed by atoms with Crippen molar-refractivity contribution in [1.29, 1.82) is 0 Å². The molecule has 0 aromatic heterocycles. The monoisotopic (exact) mass is 408 g/mol. The Morgan fingerprint density at radius 1 is 0.963 bits per heavy atom. The normalized spacial score (nSPS) is 16.0. The Hall–Kier alpha value is -2.05.